The maximum Gasteiger partial charge on any atom is 0.308 e. The van der Waals surface area contributed by atoms with Crippen LogP contribution >= 0.6 is 22.9 Å². The first-order valence-electron chi connectivity index (χ1n) is 11.6. The number of anilines is 2. The number of hydrogen-bond acceptors (Lipinski definition) is 6. The maximum atomic E-state index is 13.6. The van der Waals surface area contributed by atoms with E-state index in [4.69, 9.17) is 16.3 Å². The predicted octanol–water partition coefficient (Wildman–Crippen LogP) is 5.53. The molecule has 0 atom stereocenters. The van der Waals surface area contributed by atoms with Crippen LogP contribution in [-0.4, -0.2) is 32.0 Å². The number of thiazole rings is 1. The molecule has 1 N–H and O–H groups in total. The normalized spacial score (nSPS) is 11.6. The van der Waals surface area contributed by atoms with Crippen LogP contribution in [0.3, 0.4) is 0 Å². The van der Waals surface area contributed by atoms with E-state index in [1.54, 1.807) is 47.0 Å². The van der Waals surface area contributed by atoms with Crippen LogP contribution in [0, 0.1) is 0 Å². The van der Waals surface area contributed by atoms with Crippen molar-refractivity contribution in [3.8, 4) is 5.75 Å². The Hall–Kier alpha value is -3.34. The van der Waals surface area contributed by atoms with Crippen molar-refractivity contribution in [2.45, 2.75) is 31.7 Å². The molecule has 3 aromatic carbocycles. The average molecular weight is 560 g/mol. The second-order valence-corrected chi connectivity index (χ2v) is 11.7. The lowest BCUT2D eigenvalue weighted by atomic mass is 10.2. The van der Waals surface area contributed by atoms with Gasteiger partial charge in [0.2, 0.25) is 5.91 Å². The van der Waals surface area contributed by atoms with Gasteiger partial charge in [0.25, 0.3) is 10.0 Å². The zero-order valence-electron chi connectivity index (χ0n) is 20.5. The molecule has 0 aliphatic heterocycles. The van der Waals surface area contributed by atoms with E-state index in [2.05, 4.69) is 5.32 Å². The summed E-state index contributed by atoms with van der Waals surface area (Å²) >= 11 is 7.04. The quantitative estimate of drug-likeness (QED) is 0.291. The molecule has 1 amide bonds. The Morgan fingerprint density at radius 1 is 1.08 bits per heavy atom. The number of ether oxygens (including phenoxy) is 1. The van der Waals surface area contributed by atoms with E-state index in [1.807, 2.05) is 20.8 Å². The van der Waals surface area contributed by atoms with Gasteiger partial charge in [0.05, 0.1) is 27.4 Å². The molecule has 1 heterocycles. The minimum Gasteiger partial charge on any atom is -0.494 e. The third-order valence-electron chi connectivity index (χ3n) is 5.54. The molecule has 11 heteroatoms. The van der Waals surface area contributed by atoms with Crippen LogP contribution in [0.4, 0.5) is 11.4 Å². The lowest BCUT2D eigenvalue weighted by Crippen LogP contribution is -2.38. The van der Waals surface area contributed by atoms with Gasteiger partial charge in [0, 0.05) is 16.8 Å². The first-order chi connectivity index (χ1) is 17.6. The lowest BCUT2D eigenvalue weighted by molar-refractivity contribution is -0.114. The molecule has 0 saturated carbocycles. The minimum absolute atomic E-state index is 0.000181. The summed E-state index contributed by atoms with van der Waals surface area (Å²) in [4.78, 5) is 25.4. The number of nitrogens with zero attached hydrogens (tertiary/aromatic N) is 2. The first kappa shape index (κ1) is 26.7. The molecule has 194 valence electrons. The van der Waals surface area contributed by atoms with Gasteiger partial charge in [0.15, 0.2) is 0 Å². The summed E-state index contributed by atoms with van der Waals surface area (Å²) in [5.74, 6) is 0.0431. The number of nitrogens with one attached hydrogen (secondary N) is 1. The van der Waals surface area contributed by atoms with Gasteiger partial charge in [-0.15, -0.1) is 0 Å². The fourth-order valence-electron chi connectivity index (χ4n) is 3.86. The zero-order chi connectivity index (χ0) is 26.7. The zero-order valence-corrected chi connectivity index (χ0v) is 22.9. The van der Waals surface area contributed by atoms with Crippen molar-refractivity contribution in [2.24, 2.45) is 0 Å². The Balaban J connectivity index is 1.64. The largest absolute Gasteiger partial charge is 0.494 e. The van der Waals surface area contributed by atoms with E-state index in [0.29, 0.717) is 28.8 Å². The van der Waals surface area contributed by atoms with E-state index in [-0.39, 0.29) is 15.8 Å². The highest BCUT2D eigenvalue weighted by Crippen LogP contribution is 2.28. The third kappa shape index (κ3) is 5.82. The maximum absolute atomic E-state index is 13.6. The molecule has 0 saturated heterocycles. The molecule has 4 aromatic rings. The van der Waals surface area contributed by atoms with Crippen LogP contribution in [0.15, 0.2) is 76.4 Å². The number of benzene rings is 3. The number of amides is 1. The van der Waals surface area contributed by atoms with Crippen LogP contribution in [0.2, 0.25) is 5.02 Å². The number of halogens is 1. The van der Waals surface area contributed by atoms with Crippen molar-refractivity contribution >= 4 is 60.5 Å². The van der Waals surface area contributed by atoms with E-state index in [1.165, 1.54) is 24.3 Å². The molecule has 0 spiro atoms. The number of fused-ring (bicyclic) bond motifs is 1. The predicted molar refractivity (Wildman–Crippen MR) is 149 cm³/mol. The summed E-state index contributed by atoms with van der Waals surface area (Å²) in [6.07, 6.45) is 0. The second kappa shape index (κ2) is 11.0. The van der Waals surface area contributed by atoms with Crippen molar-refractivity contribution in [1.82, 2.24) is 4.57 Å². The lowest BCUT2D eigenvalue weighted by Gasteiger charge is -2.24. The highest BCUT2D eigenvalue weighted by atomic mass is 35.5. The van der Waals surface area contributed by atoms with Crippen molar-refractivity contribution in [2.75, 3.05) is 22.8 Å². The molecule has 1 aromatic heterocycles. The number of rotatable bonds is 9. The Bertz CT molecular complexity index is 1580. The summed E-state index contributed by atoms with van der Waals surface area (Å²) < 4.78 is 36.0. The number of hydrogen-bond donors (Lipinski definition) is 1. The molecule has 0 aliphatic rings. The van der Waals surface area contributed by atoms with Crippen molar-refractivity contribution in [3.05, 3.63) is 81.4 Å². The number of aromatic nitrogens is 1. The molecular formula is C26H26ClN3O5S2. The summed E-state index contributed by atoms with van der Waals surface area (Å²) in [5, 5.41) is 3.16. The Morgan fingerprint density at radius 2 is 1.76 bits per heavy atom. The summed E-state index contributed by atoms with van der Waals surface area (Å²) in [7, 11) is -4.10. The molecule has 4 rings (SSSR count). The van der Waals surface area contributed by atoms with E-state index < -0.39 is 22.5 Å². The summed E-state index contributed by atoms with van der Waals surface area (Å²) in [6.45, 7) is 5.71. The second-order valence-electron chi connectivity index (χ2n) is 8.45. The van der Waals surface area contributed by atoms with Gasteiger partial charge in [0.1, 0.15) is 12.3 Å². The van der Waals surface area contributed by atoms with Gasteiger partial charge in [-0.1, -0.05) is 22.9 Å². The SMILES string of the molecule is CCOc1ccc(N(CC(=O)Nc2ccc3c(c2)sc(=O)n3C(C)C)S(=O)(=O)c2ccc(Cl)cc2)cc1. The molecule has 0 radical (unpaired) electrons. The third-order valence-corrected chi connectivity index (χ3v) is 8.50. The average Bonchev–Trinajstić information content (AvgIpc) is 3.18. The number of sulfonamides is 1. The highest BCUT2D eigenvalue weighted by molar-refractivity contribution is 7.92. The van der Waals surface area contributed by atoms with Crippen molar-refractivity contribution in [3.63, 3.8) is 0 Å². The Kier molecular flexibility index (Phi) is 7.91. The molecule has 37 heavy (non-hydrogen) atoms. The smallest absolute Gasteiger partial charge is 0.308 e. The van der Waals surface area contributed by atoms with Crippen LogP contribution in [0.25, 0.3) is 10.2 Å². The van der Waals surface area contributed by atoms with E-state index in [9.17, 15) is 18.0 Å². The fraction of sp³-hybridized carbons (Fsp3) is 0.231. The van der Waals surface area contributed by atoms with Crippen LogP contribution in [0.1, 0.15) is 26.8 Å². The molecule has 0 unspecified atom stereocenters. The van der Waals surface area contributed by atoms with Crippen molar-refractivity contribution in [1.29, 1.82) is 0 Å². The standard InChI is InChI=1S/C26H26ClN3O5S2/c1-4-35-21-10-8-20(9-11-21)29(37(33,34)22-12-5-18(27)6-13-22)16-25(31)28-19-7-14-23-24(15-19)36-26(32)30(23)17(2)3/h5-15,17H,4,16H2,1-3H3,(H,28,31). The number of carbonyl (C=O) groups excluding carboxylic acids is 1. The molecule has 8 nitrogen and oxygen atoms in total. The highest BCUT2D eigenvalue weighted by Gasteiger charge is 2.27. The molecule has 0 bridgehead atoms. The minimum atomic E-state index is -4.10. The summed E-state index contributed by atoms with van der Waals surface area (Å²) in [6, 6.07) is 17.4. The van der Waals surface area contributed by atoms with Gasteiger partial charge in [-0.3, -0.25) is 18.5 Å². The van der Waals surface area contributed by atoms with Gasteiger partial charge in [-0.05, 0) is 87.5 Å². The Labute approximate surface area is 224 Å². The van der Waals surface area contributed by atoms with Crippen LogP contribution in [-0.2, 0) is 14.8 Å². The van der Waals surface area contributed by atoms with Gasteiger partial charge < -0.3 is 10.1 Å². The van der Waals surface area contributed by atoms with Gasteiger partial charge in [-0.25, -0.2) is 8.42 Å². The topological polar surface area (TPSA) is 97.7 Å². The summed E-state index contributed by atoms with van der Waals surface area (Å²) in [5.41, 5.74) is 1.55. The molecule has 0 aliphatic carbocycles. The van der Waals surface area contributed by atoms with E-state index in [0.717, 1.165) is 25.9 Å². The van der Waals surface area contributed by atoms with E-state index >= 15 is 0 Å². The van der Waals surface area contributed by atoms with Crippen LogP contribution < -0.4 is 19.2 Å². The van der Waals surface area contributed by atoms with Crippen LogP contribution in [0.5, 0.6) is 5.75 Å². The Morgan fingerprint density at radius 3 is 2.38 bits per heavy atom. The monoisotopic (exact) mass is 559 g/mol. The molecule has 0 fully saturated rings. The number of carbonyl (C=O) groups is 1. The first-order valence-corrected chi connectivity index (χ1v) is 14.2. The van der Waals surface area contributed by atoms with Gasteiger partial charge >= 0.3 is 4.87 Å². The van der Waals surface area contributed by atoms with Crippen molar-refractivity contribution < 1.29 is 17.9 Å². The van der Waals surface area contributed by atoms with Gasteiger partial charge in [-0.2, -0.15) is 0 Å². The molecular weight excluding hydrogens is 534 g/mol. The fourth-order valence-corrected chi connectivity index (χ4v) is 6.46.